The summed E-state index contributed by atoms with van der Waals surface area (Å²) in [5.41, 5.74) is -0.715. The third kappa shape index (κ3) is 4.50. The third-order valence-corrected chi connectivity index (χ3v) is 3.64. The molecule has 0 saturated carbocycles. The van der Waals surface area contributed by atoms with E-state index in [-0.39, 0.29) is 37.5 Å². The van der Waals surface area contributed by atoms with Gasteiger partial charge in [-0.05, 0) is 11.6 Å². The fraction of sp³-hybridized carbons (Fsp3) is 0.375. The van der Waals surface area contributed by atoms with E-state index in [0.29, 0.717) is 0 Å². The lowest BCUT2D eigenvalue weighted by Gasteiger charge is -2.20. The van der Waals surface area contributed by atoms with Crippen molar-refractivity contribution in [2.24, 2.45) is 0 Å². The summed E-state index contributed by atoms with van der Waals surface area (Å²) in [6, 6.07) is 4.29. The molecule has 24 heavy (non-hydrogen) atoms. The number of urea groups is 1. The maximum atomic E-state index is 13.0. The van der Waals surface area contributed by atoms with Gasteiger partial charge in [0.05, 0.1) is 11.6 Å². The van der Waals surface area contributed by atoms with Gasteiger partial charge in [-0.15, -0.1) is 6.58 Å². The number of rotatable bonds is 5. The fourth-order valence-electron chi connectivity index (χ4n) is 2.56. The normalized spacial score (nSPS) is 17.7. The maximum Gasteiger partial charge on any atom is 0.416 e. The molecule has 1 aromatic carbocycles. The zero-order valence-electron chi connectivity index (χ0n) is 12.9. The lowest BCUT2D eigenvalue weighted by molar-refractivity contribution is -0.139. The lowest BCUT2D eigenvalue weighted by Crippen LogP contribution is -2.43. The molecule has 1 atom stereocenters. The molecule has 130 valence electrons. The molecule has 1 heterocycles. The van der Waals surface area contributed by atoms with Gasteiger partial charge in [0.1, 0.15) is 0 Å². The number of carbonyl (C=O) groups is 2. The van der Waals surface area contributed by atoms with Crippen molar-refractivity contribution >= 4 is 11.9 Å². The summed E-state index contributed by atoms with van der Waals surface area (Å²) >= 11 is 0. The van der Waals surface area contributed by atoms with E-state index in [1.54, 1.807) is 0 Å². The predicted molar refractivity (Wildman–Crippen MR) is 82.0 cm³/mol. The van der Waals surface area contributed by atoms with Crippen molar-refractivity contribution in [3.05, 3.63) is 48.0 Å². The Morgan fingerprint density at radius 2 is 2.08 bits per heavy atom. The average Bonchev–Trinajstić information content (AvgIpc) is 2.84. The van der Waals surface area contributed by atoms with Gasteiger partial charge >= 0.3 is 12.2 Å². The van der Waals surface area contributed by atoms with Crippen molar-refractivity contribution in [1.82, 2.24) is 15.5 Å². The number of amides is 3. The Hall–Kier alpha value is -2.51. The molecule has 0 aliphatic carbocycles. The van der Waals surface area contributed by atoms with E-state index in [4.69, 9.17) is 0 Å². The number of nitrogens with zero attached hydrogens (tertiary/aromatic N) is 1. The van der Waals surface area contributed by atoms with Crippen molar-refractivity contribution < 1.29 is 22.8 Å². The molecule has 3 amide bonds. The summed E-state index contributed by atoms with van der Waals surface area (Å²) in [4.78, 5) is 24.9. The summed E-state index contributed by atoms with van der Waals surface area (Å²) in [7, 11) is 0. The summed E-state index contributed by atoms with van der Waals surface area (Å²) in [5.74, 6) is -0.291. The molecule has 1 aromatic rings. The summed E-state index contributed by atoms with van der Waals surface area (Å²) in [6.07, 6.45) is -2.89. The van der Waals surface area contributed by atoms with Crippen LogP contribution in [-0.2, 0) is 17.5 Å². The van der Waals surface area contributed by atoms with Gasteiger partial charge in [0.25, 0.3) is 0 Å². The molecule has 0 aromatic heterocycles. The molecule has 8 heteroatoms. The van der Waals surface area contributed by atoms with Gasteiger partial charge in [0.2, 0.25) is 5.91 Å². The molecule has 2 rings (SSSR count). The van der Waals surface area contributed by atoms with Crippen molar-refractivity contribution in [1.29, 1.82) is 0 Å². The number of nitrogens with one attached hydrogen (secondary N) is 2. The molecule has 0 spiro atoms. The molecule has 5 nitrogen and oxygen atoms in total. The molecule has 0 unspecified atom stereocenters. The van der Waals surface area contributed by atoms with Gasteiger partial charge < -0.3 is 15.5 Å². The summed E-state index contributed by atoms with van der Waals surface area (Å²) in [6.45, 7) is 3.79. The van der Waals surface area contributed by atoms with Crippen LogP contribution < -0.4 is 10.6 Å². The largest absolute Gasteiger partial charge is 0.416 e. The van der Waals surface area contributed by atoms with Crippen LogP contribution in [0.3, 0.4) is 0 Å². The van der Waals surface area contributed by atoms with E-state index in [0.717, 1.165) is 6.07 Å². The van der Waals surface area contributed by atoms with Crippen molar-refractivity contribution in [2.45, 2.75) is 25.2 Å². The Bertz CT molecular complexity index is 631. The van der Waals surface area contributed by atoms with E-state index in [2.05, 4.69) is 17.2 Å². The maximum absolute atomic E-state index is 13.0. The number of hydrogen-bond donors (Lipinski definition) is 2. The number of hydrogen-bond acceptors (Lipinski definition) is 2. The number of likely N-dealkylation sites (tertiary alicyclic amines) is 1. The highest BCUT2D eigenvalue weighted by molar-refractivity contribution is 5.81. The van der Waals surface area contributed by atoms with E-state index in [9.17, 15) is 22.8 Å². The second kappa shape index (κ2) is 7.37. The molecule has 1 aliphatic rings. The standard InChI is InChI=1S/C16H18F3N3O2/c1-2-7-20-15(24)21-12-8-14(23)22(10-12)9-11-5-3-4-6-13(11)16(17,18)19/h2-6,12H,1,7-10H2,(H2,20,21,24)/t12-/m1/s1. The Morgan fingerprint density at radius 3 is 2.75 bits per heavy atom. The highest BCUT2D eigenvalue weighted by Crippen LogP contribution is 2.32. The van der Waals surface area contributed by atoms with Crippen molar-refractivity contribution in [3.8, 4) is 0 Å². The highest BCUT2D eigenvalue weighted by atomic mass is 19.4. The second-order valence-electron chi connectivity index (χ2n) is 5.47. The zero-order valence-corrected chi connectivity index (χ0v) is 12.9. The van der Waals surface area contributed by atoms with Gasteiger partial charge in [-0.1, -0.05) is 24.3 Å². The van der Waals surface area contributed by atoms with E-state index in [1.165, 1.54) is 29.2 Å². The first kappa shape index (κ1) is 17.8. The summed E-state index contributed by atoms with van der Waals surface area (Å²) in [5, 5.41) is 5.14. The van der Waals surface area contributed by atoms with Crippen LogP contribution in [0.4, 0.5) is 18.0 Å². The van der Waals surface area contributed by atoms with Crippen molar-refractivity contribution in [2.75, 3.05) is 13.1 Å². The Morgan fingerprint density at radius 1 is 1.38 bits per heavy atom. The van der Waals surface area contributed by atoms with E-state index < -0.39 is 23.8 Å². The lowest BCUT2D eigenvalue weighted by atomic mass is 10.1. The first-order chi connectivity index (χ1) is 11.3. The van der Waals surface area contributed by atoms with E-state index in [1.807, 2.05) is 0 Å². The molecular formula is C16H18F3N3O2. The fourth-order valence-corrected chi connectivity index (χ4v) is 2.56. The predicted octanol–water partition coefficient (Wildman–Crippen LogP) is 2.29. The van der Waals surface area contributed by atoms with Crippen LogP contribution in [-0.4, -0.2) is 36.0 Å². The molecule has 0 bridgehead atoms. The monoisotopic (exact) mass is 341 g/mol. The van der Waals surface area contributed by atoms with Crippen LogP contribution in [0.5, 0.6) is 0 Å². The van der Waals surface area contributed by atoms with Crippen LogP contribution in [0.2, 0.25) is 0 Å². The highest BCUT2D eigenvalue weighted by Gasteiger charge is 2.35. The average molecular weight is 341 g/mol. The van der Waals surface area contributed by atoms with Gasteiger partial charge in [-0.2, -0.15) is 13.2 Å². The first-order valence-electron chi connectivity index (χ1n) is 7.39. The number of halogens is 3. The molecule has 1 saturated heterocycles. The summed E-state index contributed by atoms with van der Waals surface area (Å²) < 4.78 is 39.0. The second-order valence-corrected chi connectivity index (χ2v) is 5.47. The number of alkyl halides is 3. The third-order valence-electron chi connectivity index (χ3n) is 3.64. The van der Waals surface area contributed by atoms with Gasteiger partial charge in [-0.25, -0.2) is 4.79 Å². The minimum absolute atomic E-state index is 0.0371. The quantitative estimate of drug-likeness (QED) is 0.808. The minimum atomic E-state index is -4.47. The van der Waals surface area contributed by atoms with Crippen LogP contribution in [0, 0.1) is 0 Å². The molecule has 0 radical (unpaired) electrons. The first-order valence-corrected chi connectivity index (χ1v) is 7.39. The molecule has 2 N–H and O–H groups in total. The van der Waals surface area contributed by atoms with Crippen LogP contribution in [0.15, 0.2) is 36.9 Å². The van der Waals surface area contributed by atoms with Crippen LogP contribution in [0.25, 0.3) is 0 Å². The molecular weight excluding hydrogens is 323 g/mol. The van der Waals surface area contributed by atoms with E-state index >= 15 is 0 Å². The Kier molecular flexibility index (Phi) is 5.48. The Balaban J connectivity index is 2.01. The van der Waals surface area contributed by atoms with Crippen LogP contribution in [0.1, 0.15) is 17.5 Å². The number of carbonyl (C=O) groups excluding carboxylic acids is 2. The van der Waals surface area contributed by atoms with Crippen molar-refractivity contribution in [3.63, 3.8) is 0 Å². The number of benzene rings is 1. The SMILES string of the molecule is C=CCNC(=O)N[C@@H]1CC(=O)N(Cc2ccccc2C(F)(F)F)C1. The van der Waals surface area contributed by atoms with Gasteiger partial charge in [0, 0.05) is 26.1 Å². The minimum Gasteiger partial charge on any atom is -0.336 e. The smallest absolute Gasteiger partial charge is 0.336 e. The zero-order chi connectivity index (χ0) is 17.7. The van der Waals surface area contributed by atoms with Crippen LogP contribution >= 0.6 is 0 Å². The van der Waals surface area contributed by atoms with Gasteiger partial charge in [-0.3, -0.25) is 4.79 Å². The van der Waals surface area contributed by atoms with Gasteiger partial charge in [0.15, 0.2) is 0 Å². The Labute approximate surface area is 137 Å². The topological polar surface area (TPSA) is 61.4 Å². The molecule has 1 aliphatic heterocycles. The molecule has 1 fully saturated rings.